The average Bonchev–Trinajstić information content (AvgIpc) is 2.87. The molecular weight excluding hydrogens is 270 g/mol. The summed E-state index contributed by atoms with van der Waals surface area (Å²) in [6, 6.07) is 12.4. The van der Waals surface area contributed by atoms with E-state index >= 15 is 0 Å². The van der Waals surface area contributed by atoms with Crippen molar-refractivity contribution in [2.45, 2.75) is 0 Å². The molecule has 1 aromatic carbocycles. The molecule has 0 spiro atoms. The number of fused-ring (bicyclic) bond motifs is 1. The molecule has 0 saturated heterocycles. The van der Waals surface area contributed by atoms with Crippen LogP contribution in [0.3, 0.4) is 0 Å². The van der Waals surface area contributed by atoms with E-state index in [2.05, 4.69) is 4.98 Å². The van der Waals surface area contributed by atoms with E-state index in [1.165, 1.54) is 7.11 Å². The van der Waals surface area contributed by atoms with Gasteiger partial charge in [0.25, 0.3) is 0 Å². The second kappa shape index (κ2) is 5.06. The van der Waals surface area contributed by atoms with Crippen LogP contribution in [0, 0.1) is 11.3 Å². The maximum atomic E-state index is 9.17. The Morgan fingerprint density at radius 3 is 2.81 bits per heavy atom. The molecule has 0 aliphatic rings. The van der Waals surface area contributed by atoms with Crippen LogP contribution in [-0.2, 0) is 0 Å². The zero-order chi connectivity index (χ0) is 14.8. The number of hydrogen-bond acceptors (Lipinski definition) is 6. The number of benzene rings is 1. The second-order valence-corrected chi connectivity index (χ2v) is 4.22. The monoisotopic (exact) mass is 281 g/mol. The van der Waals surface area contributed by atoms with Crippen LogP contribution in [0.25, 0.3) is 11.0 Å². The van der Waals surface area contributed by atoms with E-state index in [4.69, 9.17) is 24.9 Å². The molecule has 0 aliphatic carbocycles. The molecule has 0 bridgehead atoms. The van der Waals surface area contributed by atoms with Crippen molar-refractivity contribution in [3.8, 4) is 23.6 Å². The molecule has 0 aliphatic heterocycles. The number of nitrogens with zero attached hydrogens (tertiary/aromatic N) is 2. The number of nitrogens with two attached hydrogens (primary N) is 1. The van der Waals surface area contributed by atoms with Crippen LogP contribution in [0.1, 0.15) is 5.76 Å². The lowest BCUT2D eigenvalue weighted by Crippen LogP contribution is -1.97. The van der Waals surface area contributed by atoms with Crippen LogP contribution in [0.15, 0.2) is 40.8 Å². The van der Waals surface area contributed by atoms with E-state index in [-0.39, 0.29) is 11.6 Å². The van der Waals surface area contributed by atoms with Gasteiger partial charge in [-0.3, -0.25) is 0 Å². The van der Waals surface area contributed by atoms with Crippen molar-refractivity contribution >= 4 is 16.7 Å². The molecule has 21 heavy (non-hydrogen) atoms. The minimum Gasteiger partial charge on any atom is -0.481 e. The van der Waals surface area contributed by atoms with Gasteiger partial charge in [-0.2, -0.15) is 10.2 Å². The number of nitrogen functional groups attached to an aromatic ring is 1. The molecule has 0 fully saturated rings. The molecule has 0 amide bonds. The summed E-state index contributed by atoms with van der Waals surface area (Å²) >= 11 is 0. The van der Waals surface area contributed by atoms with Crippen LogP contribution < -0.4 is 15.2 Å². The highest BCUT2D eigenvalue weighted by atomic mass is 16.5. The lowest BCUT2D eigenvalue weighted by atomic mass is 10.2. The SMILES string of the molecule is COc1ccc(N)c(Oc2c(C#N)oc3ccccc23)n1. The Bertz CT molecular complexity index is 849. The number of hydrogen-bond donors (Lipinski definition) is 1. The van der Waals surface area contributed by atoms with Crippen molar-refractivity contribution in [2.24, 2.45) is 0 Å². The summed E-state index contributed by atoms with van der Waals surface area (Å²) in [5.41, 5.74) is 6.74. The Morgan fingerprint density at radius 1 is 1.24 bits per heavy atom. The van der Waals surface area contributed by atoms with Gasteiger partial charge in [0.1, 0.15) is 11.7 Å². The standard InChI is InChI=1S/C15H11N3O3/c1-19-13-7-6-10(17)15(18-13)21-14-9-4-2-3-5-11(9)20-12(14)8-16/h2-7H,17H2,1H3. The zero-order valence-electron chi connectivity index (χ0n) is 11.2. The Morgan fingerprint density at radius 2 is 2.05 bits per heavy atom. The largest absolute Gasteiger partial charge is 0.481 e. The number of para-hydroxylation sites is 1. The van der Waals surface area contributed by atoms with Crippen molar-refractivity contribution in [3.63, 3.8) is 0 Å². The van der Waals surface area contributed by atoms with Gasteiger partial charge in [0.05, 0.1) is 18.2 Å². The number of ether oxygens (including phenoxy) is 2. The number of nitriles is 1. The Kier molecular flexibility index (Phi) is 3.09. The average molecular weight is 281 g/mol. The van der Waals surface area contributed by atoms with Gasteiger partial charge in [0, 0.05) is 6.07 Å². The molecule has 104 valence electrons. The molecule has 0 unspecified atom stereocenters. The third-order valence-electron chi connectivity index (χ3n) is 2.92. The number of rotatable bonds is 3. The van der Waals surface area contributed by atoms with E-state index < -0.39 is 0 Å². The summed E-state index contributed by atoms with van der Waals surface area (Å²) in [5.74, 6) is 0.892. The van der Waals surface area contributed by atoms with Gasteiger partial charge in [-0.05, 0) is 18.2 Å². The third kappa shape index (κ3) is 2.21. The normalized spacial score (nSPS) is 10.3. The summed E-state index contributed by atoms with van der Waals surface area (Å²) in [6.45, 7) is 0. The lowest BCUT2D eigenvalue weighted by molar-refractivity contribution is 0.383. The third-order valence-corrected chi connectivity index (χ3v) is 2.92. The van der Waals surface area contributed by atoms with Crippen molar-refractivity contribution < 1.29 is 13.9 Å². The van der Waals surface area contributed by atoms with Crippen molar-refractivity contribution in [1.82, 2.24) is 4.98 Å². The van der Waals surface area contributed by atoms with Crippen molar-refractivity contribution in [1.29, 1.82) is 5.26 Å². The van der Waals surface area contributed by atoms with Crippen LogP contribution in [-0.4, -0.2) is 12.1 Å². The minimum atomic E-state index is 0.0696. The predicted octanol–water partition coefficient (Wildman–Crippen LogP) is 3.08. The van der Waals surface area contributed by atoms with Gasteiger partial charge in [-0.1, -0.05) is 12.1 Å². The van der Waals surface area contributed by atoms with Gasteiger partial charge in [-0.25, -0.2) is 0 Å². The van der Waals surface area contributed by atoms with Crippen molar-refractivity contribution in [3.05, 3.63) is 42.2 Å². The molecule has 6 heteroatoms. The molecule has 2 heterocycles. The molecule has 2 aromatic heterocycles. The van der Waals surface area contributed by atoms with Gasteiger partial charge in [0.15, 0.2) is 5.75 Å². The highest BCUT2D eigenvalue weighted by Crippen LogP contribution is 2.37. The maximum Gasteiger partial charge on any atom is 0.247 e. The molecule has 6 nitrogen and oxygen atoms in total. The van der Waals surface area contributed by atoms with E-state index in [0.29, 0.717) is 28.3 Å². The first kappa shape index (κ1) is 12.8. The summed E-state index contributed by atoms with van der Waals surface area (Å²) < 4.78 is 16.2. The van der Waals surface area contributed by atoms with Crippen LogP contribution in [0.2, 0.25) is 0 Å². The first-order chi connectivity index (χ1) is 10.2. The molecule has 0 saturated carbocycles. The fourth-order valence-corrected chi connectivity index (χ4v) is 1.92. The lowest BCUT2D eigenvalue weighted by Gasteiger charge is -2.07. The first-order valence-corrected chi connectivity index (χ1v) is 6.13. The molecule has 2 N–H and O–H groups in total. The van der Waals surface area contributed by atoms with Crippen LogP contribution >= 0.6 is 0 Å². The predicted molar refractivity (Wildman–Crippen MR) is 76.2 cm³/mol. The smallest absolute Gasteiger partial charge is 0.247 e. The fourth-order valence-electron chi connectivity index (χ4n) is 1.92. The fraction of sp³-hybridized carbons (Fsp3) is 0.0667. The number of anilines is 1. The summed E-state index contributed by atoms with van der Waals surface area (Å²) in [6.07, 6.45) is 0. The van der Waals surface area contributed by atoms with Gasteiger partial charge in [0.2, 0.25) is 17.5 Å². The van der Waals surface area contributed by atoms with Gasteiger partial charge < -0.3 is 19.6 Å². The summed E-state index contributed by atoms with van der Waals surface area (Å²) in [7, 11) is 1.50. The van der Waals surface area contributed by atoms with E-state index in [0.717, 1.165) is 0 Å². The molecule has 3 rings (SSSR count). The number of pyridine rings is 1. The Labute approximate surface area is 120 Å². The van der Waals surface area contributed by atoms with E-state index in [1.54, 1.807) is 24.3 Å². The first-order valence-electron chi connectivity index (χ1n) is 6.13. The highest BCUT2D eigenvalue weighted by Gasteiger charge is 2.18. The topological polar surface area (TPSA) is 94.3 Å². The van der Waals surface area contributed by atoms with E-state index in [1.807, 2.05) is 18.2 Å². The van der Waals surface area contributed by atoms with Crippen molar-refractivity contribution in [2.75, 3.05) is 12.8 Å². The quantitative estimate of drug-likeness (QED) is 0.792. The van der Waals surface area contributed by atoms with Gasteiger partial charge >= 0.3 is 0 Å². The van der Waals surface area contributed by atoms with Crippen LogP contribution in [0.4, 0.5) is 5.69 Å². The molecule has 3 aromatic rings. The zero-order valence-corrected chi connectivity index (χ0v) is 11.2. The summed E-state index contributed by atoms with van der Waals surface area (Å²) in [5, 5.41) is 9.85. The van der Waals surface area contributed by atoms with Gasteiger partial charge in [-0.15, -0.1) is 0 Å². The highest BCUT2D eigenvalue weighted by molar-refractivity contribution is 5.87. The minimum absolute atomic E-state index is 0.0696. The van der Waals surface area contributed by atoms with E-state index in [9.17, 15) is 0 Å². The molecule has 0 atom stereocenters. The number of aromatic nitrogens is 1. The Hall–Kier alpha value is -3.20. The number of furan rings is 1. The maximum absolute atomic E-state index is 9.17. The number of methoxy groups -OCH3 is 1. The Balaban J connectivity index is 2.12. The summed E-state index contributed by atoms with van der Waals surface area (Å²) in [4.78, 5) is 4.13. The second-order valence-electron chi connectivity index (χ2n) is 4.22. The molecule has 0 radical (unpaired) electrons. The molecular formula is C15H11N3O3. The van der Waals surface area contributed by atoms with Crippen LogP contribution in [0.5, 0.6) is 17.5 Å².